The number of hydrogen-bond donors (Lipinski definition) is 3. The highest BCUT2D eigenvalue weighted by atomic mass is 79.9. The van der Waals surface area contributed by atoms with Crippen LogP contribution in [0.3, 0.4) is 0 Å². The average molecular weight is 458 g/mol. The Hall–Kier alpha value is -3.07. The van der Waals surface area contributed by atoms with Crippen LogP contribution in [-0.4, -0.2) is 22.0 Å². The lowest BCUT2D eigenvalue weighted by Gasteiger charge is -2.33. The lowest BCUT2D eigenvalue weighted by Crippen LogP contribution is -2.51. The van der Waals surface area contributed by atoms with Crippen molar-refractivity contribution in [2.75, 3.05) is 10.6 Å². The van der Waals surface area contributed by atoms with Gasteiger partial charge in [0.25, 0.3) is 16.8 Å². The Morgan fingerprint density at radius 2 is 1.79 bits per heavy atom. The maximum atomic E-state index is 12.7. The summed E-state index contributed by atoms with van der Waals surface area (Å²) in [7, 11) is 0. The maximum Gasteiger partial charge on any atom is 0.254 e. The highest BCUT2D eigenvalue weighted by Gasteiger charge is 2.31. The molecule has 150 valence electrons. The number of carbonyl (C=O) groups excluding carboxylic acids is 1. The van der Waals surface area contributed by atoms with E-state index < -0.39 is 22.4 Å². The molecular formula is C20H20BrN5O3. The molecule has 0 aliphatic heterocycles. The number of hydrogen-bond acceptors (Lipinski definition) is 7. The zero-order valence-electron chi connectivity index (χ0n) is 16.1. The molecule has 1 atom stereocenters. The summed E-state index contributed by atoms with van der Waals surface area (Å²) in [5.41, 5.74) is -0.480. The second-order valence-electron chi connectivity index (χ2n) is 7.58. The van der Waals surface area contributed by atoms with Gasteiger partial charge < -0.3 is 16.0 Å². The molecule has 0 bridgehead atoms. The fourth-order valence-electron chi connectivity index (χ4n) is 2.59. The van der Waals surface area contributed by atoms with Gasteiger partial charge in [-0.15, -0.1) is 0 Å². The minimum atomic E-state index is -0.635. The smallest absolute Gasteiger partial charge is 0.254 e. The normalized spacial score (nSPS) is 12.4. The van der Waals surface area contributed by atoms with Crippen molar-refractivity contribution in [2.45, 2.75) is 26.9 Å². The Morgan fingerprint density at radius 3 is 2.41 bits per heavy atom. The number of amides is 1. The number of rotatable bonds is 6. The first-order valence-corrected chi connectivity index (χ1v) is 9.64. The number of aromatic nitrogens is 2. The van der Waals surface area contributed by atoms with Gasteiger partial charge in [0.1, 0.15) is 17.5 Å². The Balaban J connectivity index is 1.83. The van der Waals surface area contributed by atoms with Crippen LogP contribution in [0.1, 0.15) is 31.1 Å². The average Bonchev–Trinajstić information content (AvgIpc) is 2.69. The number of nitrogens with one attached hydrogen (secondary N) is 3. The molecule has 1 aromatic carbocycles. The number of anilines is 3. The third-order valence-electron chi connectivity index (χ3n) is 4.24. The van der Waals surface area contributed by atoms with Gasteiger partial charge in [-0.05, 0) is 34.1 Å². The Kier molecular flexibility index (Phi) is 5.78. The van der Waals surface area contributed by atoms with Gasteiger partial charge in [-0.1, -0.05) is 20.8 Å². The van der Waals surface area contributed by atoms with Gasteiger partial charge in [0, 0.05) is 28.5 Å². The summed E-state index contributed by atoms with van der Waals surface area (Å²) in [5, 5.41) is 8.81. The highest BCUT2D eigenvalue weighted by Crippen LogP contribution is 2.26. The molecule has 9 heteroatoms. The minimum Gasteiger partial charge on any atom is -0.360 e. The molecule has 3 aromatic rings. The van der Waals surface area contributed by atoms with E-state index in [1.807, 2.05) is 20.8 Å². The van der Waals surface area contributed by atoms with E-state index in [0.717, 1.165) is 0 Å². The third-order valence-corrected chi connectivity index (χ3v) is 4.67. The lowest BCUT2D eigenvalue weighted by atomic mass is 9.91. The number of nitrogens with zero attached hydrogens (tertiary/aromatic N) is 2. The van der Waals surface area contributed by atoms with Gasteiger partial charge in [0.05, 0.1) is 17.4 Å². The van der Waals surface area contributed by atoms with Crippen LogP contribution in [0, 0.1) is 5.41 Å². The van der Waals surface area contributed by atoms with Crippen LogP contribution >= 0.6 is 15.9 Å². The van der Waals surface area contributed by atoms with Crippen molar-refractivity contribution in [3.63, 3.8) is 0 Å². The van der Waals surface area contributed by atoms with Gasteiger partial charge in [0.15, 0.2) is 0 Å². The molecule has 0 saturated heterocycles. The molecule has 2 heterocycles. The SMILES string of the molecule is CC(C)(C)C(NC(=O)c1cncc(Br)c1)Nc1c(Nc2cccnc2)c(=O)c1=O. The van der Waals surface area contributed by atoms with E-state index >= 15 is 0 Å². The van der Waals surface area contributed by atoms with Crippen molar-refractivity contribution in [2.24, 2.45) is 5.41 Å². The van der Waals surface area contributed by atoms with Gasteiger partial charge in [-0.3, -0.25) is 24.4 Å². The van der Waals surface area contributed by atoms with Crippen molar-refractivity contribution >= 4 is 38.9 Å². The van der Waals surface area contributed by atoms with Gasteiger partial charge in [-0.2, -0.15) is 0 Å². The Bertz CT molecular complexity index is 1100. The summed E-state index contributed by atoms with van der Waals surface area (Å²) in [5.74, 6) is -0.355. The standard InChI is InChI=1S/C20H20BrN5O3/c1-20(2,3)19(26-18(29)11-7-12(21)9-23-8-11)25-15-14(16(27)17(15)28)24-13-5-4-6-22-10-13/h4-10,19,24-25H,1-3H3,(H,26,29). The molecule has 3 rings (SSSR count). The molecule has 29 heavy (non-hydrogen) atoms. The number of carbonyl (C=O) groups is 1. The van der Waals surface area contributed by atoms with E-state index in [-0.39, 0.29) is 17.3 Å². The van der Waals surface area contributed by atoms with E-state index in [2.05, 4.69) is 41.8 Å². The van der Waals surface area contributed by atoms with Crippen molar-refractivity contribution in [1.82, 2.24) is 15.3 Å². The van der Waals surface area contributed by atoms with Crippen molar-refractivity contribution < 1.29 is 4.79 Å². The monoisotopic (exact) mass is 457 g/mol. The minimum absolute atomic E-state index is 0.131. The summed E-state index contributed by atoms with van der Waals surface area (Å²) in [6.45, 7) is 5.72. The molecular weight excluding hydrogens is 438 g/mol. The fourth-order valence-corrected chi connectivity index (χ4v) is 2.96. The molecule has 1 amide bonds. The van der Waals surface area contributed by atoms with Crippen LogP contribution in [0.4, 0.5) is 17.1 Å². The molecule has 0 radical (unpaired) electrons. The Labute approximate surface area is 175 Å². The first kappa shape index (κ1) is 20.7. The van der Waals surface area contributed by atoms with Crippen molar-refractivity contribution in [3.05, 3.63) is 73.5 Å². The second-order valence-corrected chi connectivity index (χ2v) is 8.50. The summed E-state index contributed by atoms with van der Waals surface area (Å²) in [6, 6.07) is 5.09. The number of halogens is 1. The van der Waals surface area contributed by atoms with Gasteiger partial charge in [-0.25, -0.2) is 0 Å². The molecule has 0 spiro atoms. The van der Waals surface area contributed by atoms with Crippen LogP contribution < -0.4 is 26.8 Å². The molecule has 0 saturated carbocycles. The summed E-state index contributed by atoms with van der Waals surface area (Å²) < 4.78 is 0.677. The van der Waals surface area contributed by atoms with E-state index in [0.29, 0.717) is 15.7 Å². The van der Waals surface area contributed by atoms with Crippen LogP contribution in [0.25, 0.3) is 0 Å². The molecule has 0 aliphatic rings. The van der Waals surface area contributed by atoms with Crippen LogP contribution in [0.5, 0.6) is 0 Å². The summed E-state index contributed by atoms with van der Waals surface area (Å²) in [4.78, 5) is 44.9. The second kappa shape index (κ2) is 8.12. The fraction of sp³-hybridized carbons (Fsp3) is 0.250. The highest BCUT2D eigenvalue weighted by molar-refractivity contribution is 9.10. The predicted octanol–water partition coefficient (Wildman–Crippen LogP) is 2.79. The Morgan fingerprint density at radius 1 is 1.07 bits per heavy atom. The van der Waals surface area contributed by atoms with E-state index in [1.165, 1.54) is 6.20 Å². The number of pyridine rings is 2. The van der Waals surface area contributed by atoms with Crippen LogP contribution in [0.15, 0.2) is 57.0 Å². The first-order valence-electron chi connectivity index (χ1n) is 8.85. The topological polar surface area (TPSA) is 113 Å². The van der Waals surface area contributed by atoms with E-state index in [1.54, 1.807) is 36.8 Å². The van der Waals surface area contributed by atoms with Crippen LogP contribution in [0.2, 0.25) is 0 Å². The van der Waals surface area contributed by atoms with Crippen molar-refractivity contribution in [3.8, 4) is 0 Å². The van der Waals surface area contributed by atoms with Gasteiger partial charge in [0.2, 0.25) is 0 Å². The zero-order chi connectivity index (χ0) is 21.2. The van der Waals surface area contributed by atoms with E-state index in [9.17, 15) is 14.4 Å². The zero-order valence-corrected chi connectivity index (χ0v) is 17.7. The molecule has 2 aromatic heterocycles. The van der Waals surface area contributed by atoms with Gasteiger partial charge >= 0.3 is 0 Å². The van der Waals surface area contributed by atoms with Crippen LogP contribution in [-0.2, 0) is 0 Å². The molecule has 0 fully saturated rings. The lowest BCUT2D eigenvalue weighted by molar-refractivity contribution is 0.0913. The summed E-state index contributed by atoms with van der Waals surface area (Å²) >= 11 is 3.29. The molecule has 1 unspecified atom stereocenters. The first-order chi connectivity index (χ1) is 13.7. The molecule has 0 aliphatic carbocycles. The van der Waals surface area contributed by atoms with Crippen molar-refractivity contribution in [1.29, 1.82) is 0 Å². The van der Waals surface area contributed by atoms with E-state index in [4.69, 9.17) is 0 Å². The predicted molar refractivity (Wildman–Crippen MR) is 115 cm³/mol. The molecule has 8 nitrogen and oxygen atoms in total. The summed E-state index contributed by atoms with van der Waals surface area (Å²) in [6.07, 6.45) is 5.56. The quantitative estimate of drug-likeness (QED) is 0.385. The maximum absolute atomic E-state index is 12.7. The largest absolute Gasteiger partial charge is 0.360 e. The third kappa shape index (κ3) is 4.68. The molecule has 3 N–H and O–H groups in total.